The normalized spacial score (nSPS) is 14.3. The number of hydrogen-bond acceptors (Lipinski definition) is 4. The molecule has 0 bridgehead atoms. The van der Waals surface area contributed by atoms with Crippen molar-refractivity contribution < 1.29 is 14.3 Å². The van der Waals surface area contributed by atoms with Gasteiger partial charge in [-0.1, -0.05) is 17.7 Å². The zero-order valence-corrected chi connectivity index (χ0v) is 16.5. The number of carbonyl (C=O) groups excluding carboxylic acids is 1. The fourth-order valence-corrected chi connectivity index (χ4v) is 3.68. The Hall–Kier alpha value is -2.69. The van der Waals surface area contributed by atoms with Crippen LogP contribution in [-0.4, -0.2) is 33.2 Å². The van der Waals surface area contributed by atoms with Gasteiger partial charge in [0, 0.05) is 17.8 Å². The van der Waals surface area contributed by atoms with E-state index < -0.39 is 0 Å². The minimum atomic E-state index is -0.176. The molecule has 1 atom stereocenters. The molecule has 1 aliphatic heterocycles. The second-order valence-corrected chi connectivity index (χ2v) is 7.05. The highest BCUT2D eigenvalue weighted by molar-refractivity contribution is 5.82. The molecule has 1 heterocycles. The zero-order chi connectivity index (χ0) is 19.4. The average Bonchev–Trinajstić information content (AvgIpc) is 2.67. The number of nitrogens with one attached hydrogen (secondary N) is 1. The van der Waals surface area contributed by atoms with Crippen LogP contribution >= 0.6 is 0 Å². The third-order valence-electron chi connectivity index (χ3n) is 5.07. The molecule has 0 fully saturated rings. The number of aryl methyl sites for hydroxylation is 2. The summed E-state index contributed by atoms with van der Waals surface area (Å²) in [4.78, 5) is 14.9. The standard InChI is InChI=1S/C22H28N2O3/c1-15-7-9-20-17(12-15)6-5-11-24(20)14-22(25)23-16(2)19-13-18(26-3)8-10-21(19)27-4/h7-10,12-13,16H,5-6,11,14H2,1-4H3,(H,23,25)/t16-/m1/s1. The number of anilines is 1. The molecule has 0 radical (unpaired) electrons. The number of methoxy groups -OCH3 is 2. The fourth-order valence-electron chi connectivity index (χ4n) is 3.68. The molecule has 1 aliphatic rings. The molecule has 5 heteroatoms. The van der Waals surface area contributed by atoms with E-state index in [2.05, 4.69) is 35.3 Å². The topological polar surface area (TPSA) is 50.8 Å². The lowest BCUT2D eigenvalue weighted by Crippen LogP contribution is -2.40. The molecular formula is C22H28N2O3. The van der Waals surface area contributed by atoms with E-state index in [0.29, 0.717) is 6.54 Å². The monoisotopic (exact) mass is 368 g/mol. The first-order chi connectivity index (χ1) is 13.0. The van der Waals surface area contributed by atoms with Crippen LogP contribution in [-0.2, 0) is 11.2 Å². The number of nitrogens with zero attached hydrogens (tertiary/aromatic N) is 1. The molecule has 5 nitrogen and oxygen atoms in total. The van der Waals surface area contributed by atoms with Crippen LogP contribution in [0.5, 0.6) is 11.5 Å². The van der Waals surface area contributed by atoms with Crippen LogP contribution in [0.2, 0.25) is 0 Å². The molecule has 1 N–H and O–H groups in total. The minimum Gasteiger partial charge on any atom is -0.497 e. The van der Waals surface area contributed by atoms with Crippen LogP contribution in [0, 0.1) is 6.92 Å². The molecule has 0 saturated carbocycles. The summed E-state index contributed by atoms with van der Waals surface area (Å²) < 4.78 is 10.7. The van der Waals surface area contributed by atoms with Crippen LogP contribution in [0.25, 0.3) is 0 Å². The second-order valence-electron chi connectivity index (χ2n) is 7.05. The molecule has 144 valence electrons. The zero-order valence-electron chi connectivity index (χ0n) is 16.5. The molecule has 3 rings (SSSR count). The molecule has 0 aromatic heterocycles. The largest absolute Gasteiger partial charge is 0.497 e. The second kappa shape index (κ2) is 8.33. The Morgan fingerprint density at radius 2 is 2.00 bits per heavy atom. The smallest absolute Gasteiger partial charge is 0.239 e. The summed E-state index contributed by atoms with van der Waals surface area (Å²) in [7, 11) is 3.26. The summed E-state index contributed by atoms with van der Waals surface area (Å²) in [5.41, 5.74) is 4.67. The first-order valence-electron chi connectivity index (χ1n) is 9.37. The van der Waals surface area contributed by atoms with E-state index >= 15 is 0 Å². The summed E-state index contributed by atoms with van der Waals surface area (Å²) in [6.07, 6.45) is 2.15. The highest BCUT2D eigenvalue weighted by atomic mass is 16.5. The van der Waals surface area contributed by atoms with Crippen LogP contribution in [0.4, 0.5) is 5.69 Å². The van der Waals surface area contributed by atoms with Crippen molar-refractivity contribution in [3.63, 3.8) is 0 Å². The van der Waals surface area contributed by atoms with Crippen molar-refractivity contribution in [3.8, 4) is 11.5 Å². The van der Waals surface area contributed by atoms with Gasteiger partial charge in [0.1, 0.15) is 11.5 Å². The van der Waals surface area contributed by atoms with Crippen molar-refractivity contribution in [2.24, 2.45) is 0 Å². The highest BCUT2D eigenvalue weighted by Crippen LogP contribution is 2.30. The Morgan fingerprint density at radius 3 is 2.74 bits per heavy atom. The summed E-state index contributed by atoms with van der Waals surface area (Å²) in [5, 5.41) is 3.10. The van der Waals surface area contributed by atoms with Crippen LogP contribution < -0.4 is 19.7 Å². The van der Waals surface area contributed by atoms with Crippen molar-refractivity contribution in [2.45, 2.75) is 32.7 Å². The third-order valence-corrected chi connectivity index (χ3v) is 5.07. The van der Waals surface area contributed by atoms with E-state index in [9.17, 15) is 4.79 Å². The fraction of sp³-hybridized carbons (Fsp3) is 0.409. The lowest BCUT2D eigenvalue weighted by Gasteiger charge is -2.31. The number of hydrogen-bond donors (Lipinski definition) is 1. The molecule has 2 aromatic carbocycles. The number of benzene rings is 2. The molecular weight excluding hydrogens is 340 g/mol. The van der Waals surface area contributed by atoms with Gasteiger partial charge >= 0.3 is 0 Å². The number of ether oxygens (including phenoxy) is 2. The Labute approximate surface area is 161 Å². The van der Waals surface area contributed by atoms with Gasteiger partial charge in [-0.15, -0.1) is 0 Å². The predicted molar refractivity (Wildman–Crippen MR) is 108 cm³/mol. The molecule has 0 unspecified atom stereocenters. The van der Waals surface area contributed by atoms with E-state index in [1.807, 2.05) is 25.1 Å². The quantitative estimate of drug-likeness (QED) is 0.846. The Morgan fingerprint density at radius 1 is 1.19 bits per heavy atom. The van der Waals surface area contributed by atoms with E-state index in [0.717, 1.165) is 36.4 Å². The van der Waals surface area contributed by atoms with E-state index in [4.69, 9.17) is 9.47 Å². The molecule has 0 spiro atoms. The van der Waals surface area contributed by atoms with Gasteiger partial charge < -0.3 is 19.7 Å². The number of carbonyl (C=O) groups is 1. The molecule has 0 aliphatic carbocycles. The predicted octanol–water partition coefficient (Wildman–Crippen LogP) is 3.64. The number of fused-ring (bicyclic) bond motifs is 1. The summed E-state index contributed by atoms with van der Waals surface area (Å²) in [6.45, 7) is 5.32. The van der Waals surface area contributed by atoms with Gasteiger partial charge in [0.15, 0.2) is 0 Å². The van der Waals surface area contributed by atoms with E-state index in [1.165, 1.54) is 16.8 Å². The maximum Gasteiger partial charge on any atom is 0.239 e. The van der Waals surface area contributed by atoms with Crippen molar-refractivity contribution in [1.82, 2.24) is 5.32 Å². The van der Waals surface area contributed by atoms with Gasteiger partial charge in [0.2, 0.25) is 5.91 Å². The Balaban J connectivity index is 1.70. The van der Waals surface area contributed by atoms with Crippen molar-refractivity contribution in [3.05, 3.63) is 53.1 Å². The first kappa shape index (κ1) is 19.1. The van der Waals surface area contributed by atoms with Crippen molar-refractivity contribution >= 4 is 11.6 Å². The lowest BCUT2D eigenvalue weighted by molar-refractivity contribution is -0.120. The summed E-state index contributed by atoms with van der Waals surface area (Å²) in [6, 6.07) is 11.9. The van der Waals surface area contributed by atoms with Gasteiger partial charge in [-0.2, -0.15) is 0 Å². The number of rotatable bonds is 6. The molecule has 2 aromatic rings. The molecule has 1 amide bonds. The van der Waals surface area contributed by atoms with Gasteiger partial charge in [0.05, 0.1) is 26.8 Å². The van der Waals surface area contributed by atoms with E-state index in [1.54, 1.807) is 14.2 Å². The lowest BCUT2D eigenvalue weighted by atomic mass is 9.99. The van der Waals surface area contributed by atoms with Crippen LogP contribution in [0.1, 0.15) is 36.1 Å². The molecule has 0 saturated heterocycles. The minimum absolute atomic E-state index is 0.000739. The summed E-state index contributed by atoms with van der Waals surface area (Å²) >= 11 is 0. The Kier molecular flexibility index (Phi) is 5.89. The maximum atomic E-state index is 12.7. The van der Waals surface area contributed by atoms with Crippen LogP contribution in [0.3, 0.4) is 0 Å². The van der Waals surface area contributed by atoms with Gasteiger partial charge in [-0.25, -0.2) is 0 Å². The van der Waals surface area contributed by atoms with Gasteiger partial charge in [-0.05, 0) is 56.5 Å². The van der Waals surface area contributed by atoms with Gasteiger partial charge in [-0.3, -0.25) is 4.79 Å². The SMILES string of the molecule is COc1ccc(OC)c([C@@H](C)NC(=O)CN2CCCc3cc(C)ccc32)c1. The average molecular weight is 368 g/mol. The summed E-state index contributed by atoms with van der Waals surface area (Å²) in [5.74, 6) is 1.48. The van der Waals surface area contributed by atoms with E-state index in [-0.39, 0.29) is 11.9 Å². The van der Waals surface area contributed by atoms with Crippen molar-refractivity contribution in [1.29, 1.82) is 0 Å². The molecule has 27 heavy (non-hydrogen) atoms. The maximum absolute atomic E-state index is 12.7. The van der Waals surface area contributed by atoms with Crippen molar-refractivity contribution in [2.75, 3.05) is 32.2 Å². The third kappa shape index (κ3) is 4.35. The van der Waals surface area contributed by atoms with Crippen LogP contribution in [0.15, 0.2) is 36.4 Å². The Bertz CT molecular complexity index is 819. The highest BCUT2D eigenvalue weighted by Gasteiger charge is 2.21. The number of amides is 1. The first-order valence-corrected chi connectivity index (χ1v) is 9.37. The van der Waals surface area contributed by atoms with Gasteiger partial charge in [0.25, 0.3) is 0 Å².